The van der Waals surface area contributed by atoms with Gasteiger partial charge in [-0.1, -0.05) is 36.2 Å². The third-order valence-corrected chi connectivity index (χ3v) is 5.34. The van der Waals surface area contributed by atoms with Crippen molar-refractivity contribution in [1.29, 1.82) is 0 Å². The SMILES string of the molecule is CC(Sc1nnc(COc2ccc(Cl)cc2)o1)C(=O)N1CCCCCC1. The minimum atomic E-state index is -0.251. The predicted molar refractivity (Wildman–Crippen MR) is 100 cm³/mol. The molecule has 1 amide bonds. The van der Waals surface area contributed by atoms with Gasteiger partial charge in [-0.25, -0.2) is 0 Å². The third kappa shape index (κ3) is 5.38. The number of aromatic nitrogens is 2. The molecule has 1 atom stereocenters. The summed E-state index contributed by atoms with van der Waals surface area (Å²) >= 11 is 7.13. The number of rotatable bonds is 6. The van der Waals surface area contributed by atoms with Gasteiger partial charge in [-0.3, -0.25) is 4.79 Å². The normalized spacial score (nSPS) is 16.2. The maximum atomic E-state index is 12.6. The molecule has 1 saturated heterocycles. The van der Waals surface area contributed by atoms with Crippen LogP contribution >= 0.6 is 23.4 Å². The number of amides is 1. The fourth-order valence-corrected chi connectivity index (χ4v) is 3.68. The second kappa shape index (κ2) is 9.28. The lowest BCUT2D eigenvalue weighted by Gasteiger charge is -2.23. The summed E-state index contributed by atoms with van der Waals surface area (Å²) in [7, 11) is 0. The molecule has 3 rings (SSSR count). The van der Waals surface area contributed by atoms with E-state index in [2.05, 4.69) is 10.2 Å². The zero-order valence-corrected chi connectivity index (χ0v) is 16.3. The molecule has 0 aliphatic carbocycles. The first kappa shape index (κ1) is 19.0. The first-order valence-electron chi connectivity index (χ1n) is 8.78. The Morgan fingerprint density at radius 1 is 1.23 bits per heavy atom. The lowest BCUT2D eigenvalue weighted by molar-refractivity contribution is -0.130. The lowest BCUT2D eigenvalue weighted by atomic mass is 10.2. The molecule has 1 aromatic carbocycles. The van der Waals surface area contributed by atoms with Gasteiger partial charge in [0.15, 0.2) is 6.61 Å². The van der Waals surface area contributed by atoms with E-state index in [-0.39, 0.29) is 17.8 Å². The molecule has 0 saturated carbocycles. The highest BCUT2D eigenvalue weighted by atomic mass is 35.5. The van der Waals surface area contributed by atoms with Gasteiger partial charge in [-0.15, -0.1) is 10.2 Å². The molecule has 1 fully saturated rings. The molecule has 1 aliphatic rings. The number of hydrogen-bond donors (Lipinski definition) is 0. The minimum absolute atomic E-state index is 0.133. The van der Waals surface area contributed by atoms with Crippen LogP contribution in [0, 0.1) is 0 Å². The van der Waals surface area contributed by atoms with Crippen molar-refractivity contribution in [3.05, 3.63) is 35.2 Å². The molecule has 1 aliphatic heterocycles. The van der Waals surface area contributed by atoms with E-state index in [4.69, 9.17) is 20.8 Å². The molecule has 0 bridgehead atoms. The molecule has 6 nitrogen and oxygen atoms in total. The van der Waals surface area contributed by atoms with Gasteiger partial charge in [-0.05, 0) is 44.0 Å². The van der Waals surface area contributed by atoms with Crippen molar-refractivity contribution in [2.24, 2.45) is 0 Å². The van der Waals surface area contributed by atoms with Crippen LogP contribution in [0.3, 0.4) is 0 Å². The van der Waals surface area contributed by atoms with Crippen LogP contribution in [-0.4, -0.2) is 39.3 Å². The zero-order chi connectivity index (χ0) is 18.4. The largest absolute Gasteiger partial charge is 0.484 e. The van der Waals surface area contributed by atoms with E-state index >= 15 is 0 Å². The van der Waals surface area contributed by atoms with Gasteiger partial charge >= 0.3 is 0 Å². The number of hydrogen-bond acceptors (Lipinski definition) is 6. The maximum absolute atomic E-state index is 12.6. The fraction of sp³-hybridized carbons (Fsp3) is 0.500. The van der Waals surface area contributed by atoms with Crippen LogP contribution in [0.2, 0.25) is 5.02 Å². The summed E-state index contributed by atoms with van der Waals surface area (Å²) in [6, 6.07) is 7.05. The summed E-state index contributed by atoms with van der Waals surface area (Å²) in [5, 5.41) is 8.76. The van der Waals surface area contributed by atoms with Gasteiger partial charge in [0.1, 0.15) is 5.75 Å². The van der Waals surface area contributed by atoms with Gasteiger partial charge in [-0.2, -0.15) is 0 Å². The number of ether oxygens (including phenoxy) is 1. The van der Waals surface area contributed by atoms with Crippen LogP contribution < -0.4 is 4.74 Å². The van der Waals surface area contributed by atoms with Gasteiger partial charge in [0.25, 0.3) is 11.1 Å². The second-order valence-corrected chi connectivity index (χ2v) is 7.93. The Labute approximate surface area is 162 Å². The molecule has 2 heterocycles. The Bertz CT molecular complexity index is 715. The van der Waals surface area contributed by atoms with E-state index in [0.29, 0.717) is 21.9 Å². The number of likely N-dealkylation sites (tertiary alicyclic amines) is 1. The van der Waals surface area contributed by atoms with Gasteiger partial charge < -0.3 is 14.1 Å². The van der Waals surface area contributed by atoms with Gasteiger partial charge in [0.2, 0.25) is 5.91 Å². The van der Waals surface area contributed by atoms with E-state index in [1.807, 2.05) is 11.8 Å². The average molecular weight is 396 g/mol. The van der Waals surface area contributed by atoms with Crippen LogP contribution in [-0.2, 0) is 11.4 Å². The maximum Gasteiger partial charge on any atom is 0.277 e. The van der Waals surface area contributed by atoms with Gasteiger partial charge in [0, 0.05) is 18.1 Å². The zero-order valence-electron chi connectivity index (χ0n) is 14.7. The Morgan fingerprint density at radius 3 is 2.62 bits per heavy atom. The number of thioether (sulfide) groups is 1. The van der Waals surface area contributed by atoms with Crippen LogP contribution in [0.1, 0.15) is 38.5 Å². The number of nitrogens with zero attached hydrogens (tertiary/aromatic N) is 3. The summed E-state index contributed by atoms with van der Waals surface area (Å²) in [6.07, 6.45) is 4.56. The summed E-state index contributed by atoms with van der Waals surface area (Å²) in [5.74, 6) is 1.18. The third-order valence-electron chi connectivity index (χ3n) is 4.17. The Kier molecular flexibility index (Phi) is 6.80. The molecule has 1 aromatic heterocycles. The summed E-state index contributed by atoms with van der Waals surface area (Å²) in [4.78, 5) is 14.5. The molecule has 1 unspecified atom stereocenters. The first-order valence-corrected chi connectivity index (χ1v) is 10.0. The van der Waals surface area contributed by atoms with Crippen molar-refractivity contribution in [3.8, 4) is 5.75 Å². The second-order valence-electron chi connectivity index (χ2n) is 6.20. The van der Waals surface area contributed by atoms with E-state index in [1.165, 1.54) is 24.6 Å². The molecule has 140 valence electrons. The summed E-state index contributed by atoms with van der Waals surface area (Å²) in [6.45, 7) is 3.73. The molecule has 0 radical (unpaired) electrons. The Morgan fingerprint density at radius 2 is 1.92 bits per heavy atom. The van der Waals surface area contributed by atoms with E-state index in [1.54, 1.807) is 24.3 Å². The van der Waals surface area contributed by atoms with Crippen LogP contribution in [0.5, 0.6) is 5.75 Å². The van der Waals surface area contributed by atoms with E-state index < -0.39 is 0 Å². The van der Waals surface area contributed by atoms with Crippen molar-refractivity contribution < 1.29 is 13.9 Å². The monoisotopic (exact) mass is 395 g/mol. The van der Waals surface area contributed by atoms with Crippen molar-refractivity contribution in [2.45, 2.75) is 49.7 Å². The van der Waals surface area contributed by atoms with Crippen molar-refractivity contribution in [1.82, 2.24) is 15.1 Å². The number of halogens is 1. The Hall–Kier alpha value is -1.73. The molecule has 0 spiro atoms. The summed E-state index contributed by atoms with van der Waals surface area (Å²) in [5.41, 5.74) is 0. The smallest absolute Gasteiger partial charge is 0.277 e. The highest BCUT2D eigenvalue weighted by molar-refractivity contribution is 8.00. The molecule has 0 N–H and O–H groups in total. The molecule has 2 aromatic rings. The predicted octanol–water partition coefficient (Wildman–Crippen LogP) is 4.19. The molecular formula is C18H22ClN3O3S. The van der Waals surface area contributed by atoms with Crippen molar-refractivity contribution >= 4 is 29.3 Å². The van der Waals surface area contributed by atoms with Crippen molar-refractivity contribution in [2.75, 3.05) is 13.1 Å². The minimum Gasteiger partial charge on any atom is -0.484 e. The molecular weight excluding hydrogens is 374 g/mol. The highest BCUT2D eigenvalue weighted by Gasteiger charge is 2.24. The van der Waals surface area contributed by atoms with Crippen LogP contribution in [0.25, 0.3) is 0 Å². The van der Waals surface area contributed by atoms with Crippen LogP contribution in [0.4, 0.5) is 0 Å². The number of benzene rings is 1. The number of carbonyl (C=O) groups excluding carboxylic acids is 1. The van der Waals surface area contributed by atoms with Crippen molar-refractivity contribution in [3.63, 3.8) is 0 Å². The average Bonchev–Trinajstić information content (AvgIpc) is 2.91. The fourth-order valence-electron chi connectivity index (χ4n) is 2.77. The Balaban J connectivity index is 1.50. The van der Waals surface area contributed by atoms with E-state index in [0.717, 1.165) is 25.9 Å². The standard InChI is InChI=1S/C18H22ClN3O3S/c1-13(17(23)22-10-4-2-3-5-11-22)26-18-21-20-16(25-18)12-24-15-8-6-14(19)7-9-15/h6-9,13H,2-5,10-12H2,1H3. The quantitative estimate of drug-likeness (QED) is 0.683. The van der Waals surface area contributed by atoms with E-state index in [9.17, 15) is 4.79 Å². The van der Waals surface area contributed by atoms with Gasteiger partial charge in [0.05, 0.1) is 5.25 Å². The topological polar surface area (TPSA) is 68.5 Å². The molecule has 8 heteroatoms. The summed E-state index contributed by atoms with van der Waals surface area (Å²) < 4.78 is 11.2. The van der Waals surface area contributed by atoms with Crippen LogP contribution in [0.15, 0.2) is 33.9 Å². The lowest BCUT2D eigenvalue weighted by Crippen LogP contribution is -2.37. The first-order chi connectivity index (χ1) is 12.6. The number of carbonyl (C=O) groups is 1. The molecule has 26 heavy (non-hydrogen) atoms. The highest BCUT2D eigenvalue weighted by Crippen LogP contribution is 2.25.